The summed E-state index contributed by atoms with van der Waals surface area (Å²) < 4.78 is 5.68. The second-order valence-corrected chi connectivity index (χ2v) is 5.04. The Hall–Kier alpha value is -0.120. The molecule has 3 nitrogen and oxygen atoms in total. The van der Waals surface area contributed by atoms with E-state index in [4.69, 9.17) is 4.74 Å². The third kappa shape index (κ3) is 3.74. The minimum atomic E-state index is 0.447. The van der Waals surface area contributed by atoms with Gasteiger partial charge in [0.05, 0.1) is 12.7 Å². The number of morpholine rings is 1. The van der Waals surface area contributed by atoms with E-state index in [2.05, 4.69) is 17.3 Å². The van der Waals surface area contributed by atoms with Crippen molar-refractivity contribution in [1.29, 1.82) is 0 Å². The summed E-state index contributed by atoms with van der Waals surface area (Å²) in [5.41, 5.74) is 0. The third-order valence-electron chi connectivity index (χ3n) is 3.63. The Balaban J connectivity index is 1.55. The highest BCUT2D eigenvalue weighted by Gasteiger charge is 2.20. The van der Waals surface area contributed by atoms with Gasteiger partial charge in [0.25, 0.3) is 0 Å². The maximum atomic E-state index is 5.68. The van der Waals surface area contributed by atoms with Crippen molar-refractivity contribution >= 4 is 0 Å². The molecule has 2 rings (SSSR count). The molecule has 1 N–H and O–H groups in total. The van der Waals surface area contributed by atoms with E-state index in [1.165, 1.54) is 38.8 Å². The molecule has 1 heterocycles. The summed E-state index contributed by atoms with van der Waals surface area (Å²) in [6.45, 7) is 5.42. The minimum Gasteiger partial charge on any atom is -0.376 e. The van der Waals surface area contributed by atoms with Gasteiger partial charge in [0.2, 0.25) is 0 Å². The maximum Gasteiger partial charge on any atom is 0.0712 e. The monoisotopic (exact) mass is 212 g/mol. The van der Waals surface area contributed by atoms with Gasteiger partial charge in [-0.25, -0.2) is 0 Å². The largest absolute Gasteiger partial charge is 0.376 e. The lowest BCUT2D eigenvalue weighted by Gasteiger charge is -2.31. The van der Waals surface area contributed by atoms with E-state index in [9.17, 15) is 0 Å². The smallest absolute Gasteiger partial charge is 0.0712 e. The van der Waals surface area contributed by atoms with Crippen LogP contribution in [0.2, 0.25) is 0 Å². The zero-order valence-electron chi connectivity index (χ0n) is 9.87. The Morgan fingerprint density at radius 2 is 2.27 bits per heavy atom. The molecule has 2 fully saturated rings. The van der Waals surface area contributed by atoms with Gasteiger partial charge in [0.15, 0.2) is 0 Å². The highest BCUT2D eigenvalue weighted by Crippen LogP contribution is 2.26. The van der Waals surface area contributed by atoms with Crippen LogP contribution < -0.4 is 5.32 Å². The fourth-order valence-electron chi connectivity index (χ4n) is 2.38. The van der Waals surface area contributed by atoms with Crippen LogP contribution in [0.5, 0.6) is 0 Å². The summed E-state index contributed by atoms with van der Waals surface area (Å²) in [4.78, 5) is 2.47. The highest BCUT2D eigenvalue weighted by atomic mass is 16.5. The van der Waals surface area contributed by atoms with Crippen LogP contribution in [0.4, 0.5) is 0 Å². The van der Waals surface area contributed by atoms with E-state index in [1.54, 1.807) is 0 Å². The third-order valence-corrected chi connectivity index (χ3v) is 3.63. The Morgan fingerprint density at radius 1 is 1.40 bits per heavy atom. The first kappa shape index (κ1) is 11.4. The van der Waals surface area contributed by atoms with Crippen molar-refractivity contribution in [2.24, 2.45) is 5.92 Å². The quantitative estimate of drug-likeness (QED) is 0.738. The summed E-state index contributed by atoms with van der Waals surface area (Å²) >= 11 is 0. The average Bonchev–Trinajstić information content (AvgIpc) is 2.22. The van der Waals surface area contributed by atoms with Crippen LogP contribution in [0.3, 0.4) is 0 Å². The van der Waals surface area contributed by atoms with Crippen LogP contribution in [-0.2, 0) is 4.74 Å². The van der Waals surface area contributed by atoms with Crippen LogP contribution in [0, 0.1) is 5.92 Å². The molecule has 0 bridgehead atoms. The molecule has 0 aromatic heterocycles. The van der Waals surface area contributed by atoms with Crippen molar-refractivity contribution in [2.75, 3.05) is 39.8 Å². The molecule has 0 aromatic rings. The Morgan fingerprint density at radius 3 is 2.87 bits per heavy atom. The zero-order chi connectivity index (χ0) is 10.5. The van der Waals surface area contributed by atoms with Gasteiger partial charge in [-0.15, -0.1) is 0 Å². The summed E-state index contributed by atoms with van der Waals surface area (Å²) in [5.74, 6) is 0.986. The second kappa shape index (κ2) is 5.83. The molecule has 3 heteroatoms. The second-order valence-electron chi connectivity index (χ2n) is 5.04. The Bertz CT molecular complexity index is 176. The van der Waals surface area contributed by atoms with E-state index >= 15 is 0 Å². The summed E-state index contributed by atoms with van der Waals surface area (Å²) in [7, 11) is 2.24. The van der Waals surface area contributed by atoms with Gasteiger partial charge in [-0.3, -0.25) is 0 Å². The average molecular weight is 212 g/mol. The summed E-state index contributed by atoms with van der Waals surface area (Å²) in [6, 6.07) is 0. The molecule has 0 spiro atoms. The number of ether oxygens (including phenoxy) is 1. The van der Waals surface area contributed by atoms with Gasteiger partial charge in [-0.05, 0) is 32.2 Å². The van der Waals surface area contributed by atoms with Gasteiger partial charge in [-0.2, -0.15) is 0 Å². The molecule has 1 saturated heterocycles. The van der Waals surface area contributed by atoms with Crippen molar-refractivity contribution in [1.82, 2.24) is 10.2 Å². The maximum absolute atomic E-state index is 5.68. The van der Waals surface area contributed by atoms with Crippen LogP contribution in [0.1, 0.15) is 25.7 Å². The predicted molar refractivity (Wildman–Crippen MR) is 62.1 cm³/mol. The minimum absolute atomic E-state index is 0.447. The Labute approximate surface area is 93.2 Å². The van der Waals surface area contributed by atoms with Crippen molar-refractivity contribution in [3.05, 3.63) is 0 Å². The van der Waals surface area contributed by atoms with E-state index in [0.29, 0.717) is 6.10 Å². The standard InChI is InChI=1S/C12H24N2O/c1-14(10-11-3-2-4-11)7-5-12-9-13-6-8-15-12/h11-13H,2-10H2,1H3. The van der Waals surface area contributed by atoms with Crippen molar-refractivity contribution in [3.8, 4) is 0 Å². The first-order valence-corrected chi connectivity index (χ1v) is 6.35. The molecular formula is C12H24N2O. The van der Waals surface area contributed by atoms with Gasteiger partial charge >= 0.3 is 0 Å². The molecule has 1 aliphatic heterocycles. The molecule has 1 aliphatic carbocycles. The zero-order valence-corrected chi connectivity index (χ0v) is 9.87. The highest BCUT2D eigenvalue weighted by molar-refractivity contribution is 4.74. The first-order chi connectivity index (χ1) is 7.34. The molecule has 1 atom stereocenters. The lowest BCUT2D eigenvalue weighted by atomic mass is 9.85. The Kier molecular flexibility index (Phi) is 4.42. The lowest BCUT2D eigenvalue weighted by Crippen LogP contribution is -2.40. The van der Waals surface area contributed by atoms with E-state index in [0.717, 1.165) is 25.6 Å². The van der Waals surface area contributed by atoms with E-state index in [-0.39, 0.29) is 0 Å². The van der Waals surface area contributed by atoms with Gasteiger partial charge < -0.3 is 15.0 Å². The molecule has 2 aliphatic rings. The molecule has 88 valence electrons. The van der Waals surface area contributed by atoms with Crippen molar-refractivity contribution < 1.29 is 4.74 Å². The summed E-state index contributed by atoms with van der Waals surface area (Å²) in [6.07, 6.45) is 5.98. The molecule has 0 radical (unpaired) electrons. The topological polar surface area (TPSA) is 24.5 Å². The normalized spacial score (nSPS) is 28.0. The molecule has 1 unspecified atom stereocenters. The van der Waals surface area contributed by atoms with E-state index < -0.39 is 0 Å². The SMILES string of the molecule is CN(CCC1CNCCO1)CC1CCC1. The number of nitrogens with one attached hydrogen (secondary N) is 1. The predicted octanol–water partition coefficient (Wildman–Crippen LogP) is 1.10. The van der Waals surface area contributed by atoms with Gasteiger partial charge in [-0.1, -0.05) is 6.42 Å². The number of nitrogens with zero attached hydrogens (tertiary/aromatic N) is 1. The van der Waals surface area contributed by atoms with E-state index in [1.807, 2.05) is 0 Å². The molecule has 1 saturated carbocycles. The number of hydrogen-bond donors (Lipinski definition) is 1. The van der Waals surface area contributed by atoms with Crippen LogP contribution in [-0.4, -0.2) is 50.8 Å². The fraction of sp³-hybridized carbons (Fsp3) is 1.00. The van der Waals surface area contributed by atoms with Crippen LogP contribution in [0.25, 0.3) is 0 Å². The first-order valence-electron chi connectivity index (χ1n) is 6.35. The number of hydrogen-bond acceptors (Lipinski definition) is 3. The van der Waals surface area contributed by atoms with Crippen molar-refractivity contribution in [3.63, 3.8) is 0 Å². The number of rotatable bonds is 5. The molecule has 0 aromatic carbocycles. The van der Waals surface area contributed by atoms with Gasteiger partial charge in [0.1, 0.15) is 0 Å². The summed E-state index contributed by atoms with van der Waals surface area (Å²) in [5, 5.41) is 3.38. The van der Waals surface area contributed by atoms with Crippen LogP contribution >= 0.6 is 0 Å². The lowest BCUT2D eigenvalue weighted by molar-refractivity contribution is 0.0174. The van der Waals surface area contributed by atoms with Gasteiger partial charge in [0, 0.05) is 26.2 Å². The van der Waals surface area contributed by atoms with Crippen LogP contribution in [0.15, 0.2) is 0 Å². The fourth-order valence-corrected chi connectivity index (χ4v) is 2.38. The molecule has 0 amide bonds. The molecule has 15 heavy (non-hydrogen) atoms. The molecular weight excluding hydrogens is 188 g/mol. The van der Waals surface area contributed by atoms with Crippen molar-refractivity contribution in [2.45, 2.75) is 31.8 Å².